The summed E-state index contributed by atoms with van der Waals surface area (Å²) in [7, 11) is 1.57. The third kappa shape index (κ3) is 5.43. The van der Waals surface area contributed by atoms with Gasteiger partial charge in [0.1, 0.15) is 17.5 Å². The number of benzene rings is 2. The zero-order valence-electron chi connectivity index (χ0n) is 21.2. The van der Waals surface area contributed by atoms with Gasteiger partial charge >= 0.3 is 5.97 Å². The first kappa shape index (κ1) is 26.9. The molecule has 0 radical (unpaired) electrons. The van der Waals surface area contributed by atoms with Crippen LogP contribution in [0.4, 0.5) is 0 Å². The van der Waals surface area contributed by atoms with Crippen LogP contribution in [-0.4, -0.2) is 30.9 Å². The van der Waals surface area contributed by atoms with E-state index in [2.05, 4.69) is 15.9 Å². The van der Waals surface area contributed by atoms with Crippen molar-refractivity contribution in [3.63, 3.8) is 0 Å². The first-order chi connectivity index (χ1) is 17.9. The molecule has 0 saturated carbocycles. The zero-order valence-corrected chi connectivity index (χ0v) is 23.6. The van der Waals surface area contributed by atoms with Gasteiger partial charge in [-0.1, -0.05) is 58.8 Å². The molecular weight excluding hydrogens is 556 g/mol. The molecule has 0 aliphatic carbocycles. The molecule has 1 aromatic heterocycles. The molecule has 4 rings (SSSR count). The molecule has 1 aliphatic heterocycles. The maximum absolute atomic E-state index is 14.0. The summed E-state index contributed by atoms with van der Waals surface area (Å²) in [6.45, 7) is 6.43. The van der Waals surface area contributed by atoms with Gasteiger partial charge < -0.3 is 14.2 Å². The lowest BCUT2D eigenvalue weighted by atomic mass is 9.93. The number of thiazole rings is 1. The van der Waals surface area contributed by atoms with Gasteiger partial charge in [0.2, 0.25) is 0 Å². The van der Waals surface area contributed by atoms with E-state index in [1.165, 1.54) is 11.3 Å². The van der Waals surface area contributed by atoms with Crippen molar-refractivity contribution in [1.82, 2.24) is 4.57 Å². The first-order valence-corrected chi connectivity index (χ1v) is 13.8. The Hall–Kier alpha value is -3.17. The van der Waals surface area contributed by atoms with Gasteiger partial charge in [-0.15, -0.1) is 0 Å². The molecular formula is C28H29BrN2O5S. The van der Waals surface area contributed by atoms with Gasteiger partial charge in [-0.2, -0.15) is 0 Å². The third-order valence-electron chi connectivity index (χ3n) is 5.88. The maximum Gasteiger partial charge on any atom is 0.338 e. The van der Waals surface area contributed by atoms with Crippen molar-refractivity contribution in [1.29, 1.82) is 0 Å². The summed E-state index contributed by atoms with van der Waals surface area (Å²) in [4.78, 5) is 32.7. The Kier molecular flexibility index (Phi) is 8.66. The molecule has 2 heterocycles. The molecule has 0 fully saturated rings. The lowest BCUT2D eigenvalue weighted by molar-refractivity contribution is -0.139. The second-order valence-electron chi connectivity index (χ2n) is 8.27. The minimum atomic E-state index is -0.756. The summed E-state index contributed by atoms with van der Waals surface area (Å²) in [5.74, 6) is 0.765. The van der Waals surface area contributed by atoms with Crippen molar-refractivity contribution >= 4 is 39.3 Å². The number of methoxy groups -OCH3 is 1. The van der Waals surface area contributed by atoms with E-state index in [9.17, 15) is 9.59 Å². The Labute approximate surface area is 227 Å². The molecule has 1 aliphatic rings. The second-order valence-corrected chi connectivity index (χ2v) is 10.2. The number of fused-ring (bicyclic) bond motifs is 1. The molecule has 0 amide bonds. The number of allylic oxidation sites excluding steroid dienone is 1. The number of halogens is 1. The highest BCUT2D eigenvalue weighted by Crippen LogP contribution is 2.38. The highest BCUT2D eigenvalue weighted by molar-refractivity contribution is 9.10. The quantitative estimate of drug-likeness (QED) is 0.339. The Morgan fingerprint density at radius 2 is 1.92 bits per heavy atom. The average Bonchev–Trinajstić information content (AvgIpc) is 3.19. The Balaban J connectivity index is 2.04. The lowest BCUT2D eigenvalue weighted by Crippen LogP contribution is -2.40. The van der Waals surface area contributed by atoms with Crippen LogP contribution in [0.25, 0.3) is 6.08 Å². The minimum absolute atomic E-state index is 0.211. The van der Waals surface area contributed by atoms with Crippen molar-refractivity contribution in [3.8, 4) is 11.5 Å². The molecule has 0 saturated heterocycles. The number of carbonyl (C=O) groups excluding carboxylic acids is 1. The number of aromatic nitrogens is 1. The van der Waals surface area contributed by atoms with Crippen molar-refractivity contribution in [2.75, 3.05) is 20.3 Å². The normalized spacial score (nSPS) is 15.3. The van der Waals surface area contributed by atoms with E-state index >= 15 is 0 Å². The number of rotatable bonds is 9. The van der Waals surface area contributed by atoms with Crippen LogP contribution in [0.1, 0.15) is 50.8 Å². The van der Waals surface area contributed by atoms with Crippen molar-refractivity contribution in [3.05, 3.63) is 89.0 Å². The standard InChI is InChI=1S/C28H29BrN2O5S/c1-5-10-20-24(27(33)36-7-3)25(19-16-18(29)13-14-22(19)34-4)31-26(32)23(37-28(31)30-20)15-17-11-8-9-12-21(17)35-6-2/h8-9,11-16,25H,5-7,10H2,1-4H3/b23-15+/t25-/m1/s1. The van der Waals surface area contributed by atoms with E-state index in [1.54, 1.807) is 18.6 Å². The fraction of sp³-hybridized carbons (Fsp3) is 0.321. The fourth-order valence-electron chi connectivity index (χ4n) is 4.36. The van der Waals surface area contributed by atoms with E-state index < -0.39 is 12.0 Å². The van der Waals surface area contributed by atoms with Crippen LogP contribution in [0, 0.1) is 0 Å². The number of hydrogen-bond donors (Lipinski definition) is 0. The van der Waals surface area contributed by atoms with E-state index in [4.69, 9.17) is 19.2 Å². The van der Waals surface area contributed by atoms with Crippen LogP contribution in [0.2, 0.25) is 0 Å². The van der Waals surface area contributed by atoms with Crippen LogP contribution < -0.4 is 24.4 Å². The molecule has 194 valence electrons. The largest absolute Gasteiger partial charge is 0.496 e. The van der Waals surface area contributed by atoms with E-state index in [-0.39, 0.29) is 12.2 Å². The molecule has 0 N–H and O–H groups in total. The summed E-state index contributed by atoms with van der Waals surface area (Å²) in [5.41, 5.74) is 2.19. The van der Waals surface area contributed by atoms with Crippen LogP contribution >= 0.6 is 27.3 Å². The fourth-order valence-corrected chi connectivity index (χ4v) is 5.75. The van der Waals surface area contributed by atoms with E-state index in [0.29, 0.717) is 50.7 Å². The van der Waals surface area contributed by atoms with Crippen molar-refractivity contribution in [2.24, 2.45) is 4.99 Å². The monoisotopic (exact) mass is 584 g/mol. The number of esters is 1. The van der Waals surface area contributed by atoms with Gasteiger partial charge in [0.05, 0.1) is 36.1 Å². The van der Waals surface area contributed by atoms with Crippen LogP contribution in [0.3, 0.4) is 0 Å². The number of ether oxygens (including phenoxy) is 3. The van der Waals surface area contributed by atoms with Crippen LogP contribution in [-0.2, 0) is 9.53 Å². The second kappa shape index (κ2) is 11.9. The summed E-state index contributed by atoms with van der Waals surface area (Å²) in [6, 6.07) is 12.4. The minimum Gasteiger partial charge on any atom is -0.496 e. The van der Waals surface area contributed by atoms with E-state index in [0.717, 1.165) is 16.5 Å². The number of para-hydroxylation sites is 1. The average molecular weight is 586 g/mol. The predicted octanol–water partition coefficient (Wildman–Crippen LogP) is 4.75. The van der Waals surface area contributed by atoms with Gasteiger partial charge in [-0.3, -0.25) is 9.36 Å². The van der Waals surface area contributed by atoms with Gasteiger partial charge in [0, 0.05) is 15.6 Å². The summed E-state index contributed by atoms with van der Waals surface area (Å²) in [5, 5.41) is 0. The van der Waals surface area contributed by atoms with Crippen molar-refractivity contribution < 1.29 is 19.0 Å². The Morgan fingerprint density at radius 3 is 2.62 bits per heavy atom. The van der Waals surface area contributed by atoms with Crippen LogP contribution in [0.15, 0.2) is 68.0 Å². The smallest absolute Gasteiger partial charge is 0.338 e. The Bertz CT molecular complexity index is 1520. The number of nitrogens with zero attached hydrogens (tertiary/aromatic N) is 2. The summed E-state index contributed by atoms with van der Waals surface area (Å²) in [6.07, 6.45) is 3.16. The molecule has 0 bridgehead atoms. The SMILES string of the molecule is CCCC1=C(C(=O)OCC)[C@@H](c2cc(Br)ccc2OC)n2c(s/c(=C/c3ccccc3OCC)c2=O)=N1. The highest BCUT2D eigenvalue weighted by Gasteiger charge is 2.36. The molecule has 1 atom stereocenters. The van der Waals surface area contributed by atoms with Gasteiger partial charge in [-0.05, 0) is 50.6 Å². The lowest BCUT2D eigenvalue weighted by Gasteiger charge is -2.27. The number of hydrogen-bond acceptors (Lipinski definition) is 7. The first-order valence-electron chi connectivity index (χ1n) is 12.2. The number of carbonyl (C=O) groups is 1. The summed E-state index contributed by atoms with van der Waals surface area (Å²) < 4.78 is 19.8. The Morgan fingerprint density at radius 1 is 1.14 bits per heavy atom. The van der Waals surface area contributed by atoms with Gasteiger partial charge in [0.25, 0.3) is 5.56 Å². The topological polar surface area (TPSA) is 79.1 Å². The van der Waals surface area contributed by atoms with Crippen molar-refractivity contribution in [2.45, 2.75) is 39.7 Å². The molecule has 7 nitrogen and oxygen atoms in total. The van der Waals surface area contributed by atoms with Gasteiger partial charge in [0.15, 0.2) is 4.80 Å². The predicted molar refractivity (Wildman–Crippen MR) is 148 cm³/mol. The zero-order chi connectivity index (χ0) is 26.5. The van der Waals surface area contributed by atoms with E-state index in [1.807, 2.05) is 62.4 Å². The molecule has 3 aromatic rings. The molecule has 37 heavy (non-hydrogen) atoms. The molecule has 0 spiro atoms. The van der Waals surface area contributed by atoms with Gasteiger partial charge in [-0.25, -0.2) is 9.79 Å². The third-order valence-corrected chi connectivity index (χ3v) is 7.36. The summed E-state index contributed by atoms with van der Waals surface area (Å²) >= 11 is 4.83. The maximum atomic E-state index is 14.0. The molecule has 0 unspecified atom stereocenters. The molecule has 9 heteroatoms. The highest BCUT2D eigenvalue weighted by atomic mass is 79.9. The van der Waals surface area contributed by atoms with Crippen LogP contribution in [0.5, 0.6) is 11.5 Å². The molecule has 2 aromatic carbocycles.